The van der Waals surface area contributed by atoms with Gasteiger partial charge in [-0.25, -0.2) is 8.42 Å². The van der Waals surface area contributed by atoms with Crippen molar-refractivity contribution >= 4 is 21.6 Å². The Labute approximate surface area is 128 Å². The molecule has 0 amide bonds. The average Bonchev–Trinajstić information content (AvgIpc) is 2.43. The third kappa shape index (κ3) is 4.47. The van der Waals surface area contributed by atoms with Gasteiger partial charge in [-0.2, -0.15) is 4.31 Å². The molecule has 0 aliphatic rings. The molecule has 0 bridgehead atoms. The predicted molar refractivity (Wildman–Crippen MR) is 84.6 cm³/mol. The number of nitrogens with zero attached hydrogens (tertiary/aromatic N) is 1. The number of halogens is 1. The van der Waals surface area contributed by atoms with Gasteiger partial charge >= 0.3 is 0 Å². The molecule has 0 unspecified atom stereocenters. The number of alkyl halides is 1. The van der Waals surface area contributed by atoms with E-state index in [2.05, 4.69) is 6.92 Å². The van der Waals surface area contributed by atoms with Gasteiger partial charge in [-0.05, 0) is 38.0 Å². The summed E-state index contributed by atoms with van der Waals surface area (Å²) in [6.07, 6.45) is 3.02. The van der Waals surface area contributed by atoms with Crippen molar-refractivity contribution in [3.05, 3.63) is 29.8 Å². The van der Waals surface area contributed by atoms with Crippen LogP contribution in [0.3, 0.4) is 0 Å². The van der Waals surface area contributed by atoms with Crippen molar-refractivity contribution < 1.29 is 8.42 Å². The van der Waals surface area contributed by atoms with Crippen LogP contribution >= 0.6 is 11.6 Å². The number of hydrogen-bond donors (Lipinski definition) is 0. The molecule has 0 heterocycles. The van der Waals surface area contributed by atoms with Crippen LogP contribution in [0.5, 0.6) is 0 Å². The van der Waals surface area contributed by atoms with Crippen molar-refractivity contribution in [3.63, 3.8) is 0 Å². The van der Waals surface area contributed by atoms with Crippen molar-refractivity contribution in [1.82, 2.24) is 4.31 Å². The zero-order valence-electron chi connectivity index (χ0n) is 12.5. The summed E-state index contributed by atoms with van der Waals surface area (Å²) in [6, 6.07) is 6.78. The monoisotopic (exact) mass is 317 g/mol. The minimum absolute atomic E-state index is 0.0374. The summed E-state index contributed by atoms with van der Waals surface area (Å²) in [5.74, 6) is 0.394. The van der Waals surface area contributed by atoms with Crippen LogP contribution in [0.25, 0.3) is 0 Å². The van der Waals surface area contributed by atoms with Crippen LogP contribution in [0.1, 0.15) is 45.6 Å². The molecule has 0 radical (unpaired) electrons. The third-order valence-electron chi connectivity index (χ3n) is 3.24. The first-order chi connectivity index (χ1) is 9.43. The number of benzene rings is 1. The summed E-state index contributed by atoms with van der Waals surface area (Å²) in [7, 11) is -3.42. The van der Waals surface area contributed by atoms with Crippen LogP contribution in [-0.4, -0.2) is 25.3 Å². The van der Waals surface area contributed by atoms with Gasteiger partial charge in [0, 0.05) is 18.5 Å². The van der Waals surface area contributed by atoms with E-state index in [9.17, 15) is 8.42 Å². The topological polar surface area (TPSA) is 37.4 Å². The molecule has 5 heteroatoms. The highest BCUT2D eigenvalue weighted by Crippen LogP contribution is 2.20. The highest BCUT2D eigenvalue weighted by Gasteiger charge is 2.26. The van der Waals surface area contributed by atoms with E-state index in [-0.39, 0.29) is 6.04 Å². The van der Waals surface area contributed by atoms with Crippen LogP contribution in [0, 0.1) is 0 Å². The molecule has 1 rings (SSSR count). The maximum absolute atomic E-state index is 12.7. The highest BCUT2D eigenvalue weighted by atomic mass is 35.5. The molecular weight excluding hydrogens is 294 g/mol. The number of rotatable bonds is 8. The van der Waals surface area contributed by atoms with Crippen molar-refractivity contribution in [3.8, 4) is 0 Å². The second-order valence-corrected chi connectivity index (χ2v) is 7.35. The second kappa shape index (κ2) is 8.01. The Hall–Kier alpha value is -0.580. The fraction of sp³-hybridized carbons (Fsp3) is 0.600. The lowest BCUT2D eigenvalue weighted by atomic mass is 10.2. The molecular formula is C15H24ClNO2S. The summed E-state index contributed by atoms with van der Waals surface area (Å²) >= 11 is 5.73. The Morgan fingerprint density at radius 1 is 1.15 bits per heavy atom. The third-order valence-corrected chi connectivity index (χ3v) is 5.64. The maximum Gasteiger partial charge on any atom is 0.243 e. The molecule has 1 aromatic carbocycles. The fourth-order valence-electron chi connectivity index (χ4n) is 2.06. The van der Waals surface area contributed by atoms with Gasteiger partial charge < -0.3 is 0 Å². The van der Waals surface area contributed by atoms with E-state index >= 15 is 0 Å². The quantitative estimate of drug-likeness (QED) is 0.536. The normalized spacial score (nSPS) is 12.3. The highest BCUT2D eigenvalue weighted by molar-refractivity contribution is 7.89. The molecule has 0 fully saturated rings. The first-order valence-electron chi connectivity index (χ1n) is 7.10. The van der Waals surface area contributed by atoms with Crippen molar-refractivity contribution in [2.75, 3.05) is 6.54 Å². The smallest absolute Gasteiger partial charge is 0.207 e. The van der Waals surface area contributed by atoms with Crippen molar-refractivity contribution in [1.29, 1.82) is 0 Å². The minimum atomic E-state index is -3.42. The Balaban J connectivity index is 2.96. The summed E-state index contributed by atoms with van der Waals surface area (Å²) in [4.78, 5) is 0.344. The lowest BCUT2D eigenvalue weighted by Crippen LogP contribution is -2.37. The Morgan fingerprint density at radius 3 is 2.20 bits per heavy atom. The van der Waals surface area contributed by atoms with Gasteiger partial charge in [0.1, 0.15) is 0 Å². The van der Waals surface area contributed by atoms with Crippen LogP contribution < -0.4 is 0 Å². The van der Waals surface area contributed by atoms with E-state index < -0.39 is 10.0 Å². The van der Waals surface area contributed by atoms with Crippen LogP contribution in [0.2, 0.25) is 0 Å². The number of hydrogen-bond acceptors (Lipinski definition) is 2. The second-order valence-electron chi connectivity index (χ2n) is 5.19. The number of unbranched alkanes of at least 4 members (excludes halogenated alkanes) is 2. The van der Waals surface area contributed by atoms with Gasteiger partial charge in [0.2, 0.25) is 10.0 Å². The summed E-state index contributed by atoms with van der Waals surface area (Å²) < 4.78 is 26.9. The van der Waals surface area contributed by atoms with E-state index in [0.717, 1.165) is 24.8 Å². The molecule has 0 atom stereocenters. The van der Waals surface area contributed by atoms with E-state index in [1.807, 2.05) is 13.8 Å². The first kappa shape index (κ1) is 17.5. The molecule has 1 aromatic rings. The van der Waals surface area contributed by atoms with E-state index in [4.69, 9.17) is 11.6 Å². The van der Waals surface area contributed by atoms with Gasteiger partial charge in [0.05, 0.1) is 4.90 Å². The Morgan fingerprint density at radius 2 is 1.75 bits per heavy atom. The van der Waals surface area contributed by atoms with Crippen molar-refractivity contribution in [2.24, 2.45) is 0 Å². The summed E-state index contributed by atoms with van der Waals surface area (Å²) in [5, 5.41) is 0. The molecule has 3 nitrogen and oxygen atoms in total. The van der Waals surface area contributed by atoms with Crippen LogP contribution in [0.4, 0.5) is 0 Å². The lowest BCUT2D eigenvalue weighted by Gasteiger charge is -2.26. The molecule has 0 N–H and O–H groups in total. The van der Waals surface area contributed by atoms with Gasteiger partial charge in [-0.3, -0.25) is 0 Å². The van der Waals surface area contributed by atoms with Crippen molar-refractivity contribution in [2.45, 2.75) is 56.9 Å². The predicted octanol–water partition coefficient (Wildman–Crippen LogP) is 4.01. The minimum Gasteiger partial charge on any atom is -0.207 e. The number of sulfonamides is 1. The molecule has 0 spiro atoms. The molecule has 0 saturated carbocycles. The van der Waals surface area contributed by atoms with E-state index in [1.54, 1.807) is 28.6 Å². The van der Waals surface area contributed by atoms with Crippen LogP contribution in [0.15, 0.2) is 29.2 Å². The Kier molecular flexibility index (Phi) is 7.00. The lowest BCUT2D eigenvalue weighted by molar-refractivity contribution is 0.345. The zero-order chi connectivity index (χ0) is 15.2. The first-order valence-corrected chi connectivity index (χ1v) is 9.07. The Bertz CT molecular complexity index is 497. The van der Waals surface area contributed by atoms with Gasteiger partial charge in [0.25, 0.3) is 0 Å². The SMILES string of the molecule is CCCCCN(C(C)C)S(=O)(=O)c1ccc(CCl)cc1. The van der Waals surface area contributed by atoms with E-state index in [0.29, 0.717) is 17.3 Å². The van der Waals surface area contributed by atoms with Gasteiger partial charge in [0.15, 0.2) is 0 Å². The molecule has 0 aliphatic carbocycles. The van der Waals surface area contributed by atoms with E-state index in [1.165, 1.54) is 0 Å². The average molecular weight is 318 g/mol. The molecule has 0 aliphatic heterocycles. The van der Waals surface area contributed by atoms with Gasteiger partial charge in [-0.15, -0.1) is 11.6 Å². The molecule has 20 heavy (non-hydrogen) atoms. The molecule has 0 saturated heterocycles. The van der Waals surface area contributed by atoms with Crippen LogP contribution in [-0.2, 0) is 15.9 Å². The maximum atomic E-state index is 12.7. The largest absolute Gasteiger partial charge is 0.243 e. The molecule has 0 aromatic heterocycles. The summed E-state index contributed by atoms with van der Waals surface area (Å²) in [5.41, 5.74) is 0.924. The zero-order valence-corrected chi connectivity index (χ0v) is 14.0. The summed E-state index contributed by atoms with van der Waals surface area (Å²) in [6.45, 7) is 6.51. The fourth-order valence-corrected chi connectivity index (χ4v) is 3.91. The van der Waals surface area contributed by atoms with Gasteiger partial charge in [-0.1, -0.05) is 31.9 Å². The standard InChI is InChI=1S/C15H24ClNO2S/c1-4-5-6-11-17(13(2)3)20(18,19)15-9-7-14(12-16)8-10-15/h7-10,13H,4-6,11-12H2,1-3H3. The molecule has 114 valence electrons.